The Bertz CT molecular complexity index is 335. The molecule has 96 valence electrons. The van der Waals surface area contributed by atoms with Crippen molar-refractivity contribution in [1.82, 2.24) is 0 Å². The first-order valence-electron chi connectivity index (χ1n) is 5.57. The molecule has 0 aromatic heterocycles. The Morgan fingerprint density at radius 3 is 2.35 bits per heavy atom. The standard InChI is InChI=1S/C12H17F2NO2/c1-2-16-4-3-5-17-12-10(13)6-9(8-15)7-11(12)14/h6-7H,2-5,8,15H2,1H3. The van der Waals surface area contributed by atoms with Crippen molar-refractivity contribution in [3.05, 3.63) is 29.3 Å². The average Bonchev–Trinajstić information content (AvgIpc) is 2.31. The van der Waals surface area contributed by atoms with E-state index in [-0.39, 0.29) is 18.9 Å². The minimum Gasteiger partial charge on any atom is -0.488 e. The van der Waals surface area contributed by atoms with Crippen LogP contribution in [0.2, 0.25) is 0 Å². The predicted octanol–water partition coefficient (Wildman–Crippen LogP) is 2.23. The molecule has 0 bridgehead atoms. The fourth-order valence-corrected chi connectivity index (χ4v) is 1.35. The van der Waals surface area contributed by atoms with Gasteiger partial charge in [-0.25, -0.2) is 8.78 Å². The van der Waals surface area contributed by atoms with Gasteiger partial charge in [-0.15, -0.1) is 0 Å². The molecule has 0 unspecified atom stereocenters. The molecule has 0 aliphatic heterocycles. The molecule has 1 rings (SSSR count). The smallest absolute Gasteiger partial charge is 0.190 e. The Hall–Kier alpha value is -1.20. The van der Waals surface area contributed by atoms with Crippen LogP contribution in [0.4, 0.5) is 8.78 Å². The Morgan fingerprint density at radius 1 is 1.18 bits per heavy atom. The third-order valence-electron chi connectivity index (χ3n) is 2.18. The highest BCUT2D eigenvalue weighted by atomic mass is 19.1. The van der Waals surface area contributed by atoms with Gasteiger partial charge in [-0.3, -0.25) is 0 Å². The third-order valence-corrected chi connectivity index (χ3v) is 2.18. The lowest BCUT2D eigenvalue weighted by Crippen LogP contribution is -2.06. The quantitative estimate of drug-likeness (QED) is 0.749. The summed E-state index contributed by atoms with van der Waals surface area (Å²) in [5.41, 5.74) is 5.71. The normalized spacial score (nSPS) is 10.6. The monoisotopic (exact) mass is 245 g/mol. The molecule has 0 atom stereocenters. The minimum absolute atomic E-state index is 0.0957. The van der Waals surface area contributed by atoms with E-state index in [0.717, 1.165) is 0 Å². The maximum atomic E-state index is 13.4. The number of hydrogen-bond donors (Lipinski definition) is 1. The minimum atomic E-state index is -0.721. The second kappa shape index (κ2) is 7.19. The van der Waals surface area contributed by atoms with Crippen LogP contribution in [-0.4, -0.2) is 19.8 Å². The topological polar surface area (TPSA) is 44.5 Å². The van der Waals surface area contributed by atoms with Crippen LogP contribution < -0.4 is 10.5 Å². The van der Waals surface area contributed by atoms with Crippen molar-refractivity contribution in [3.8, 4) is 5.75 Å². The zero-order chi connectivity index (χ0) is 12.7. The van der Waals surface area contributed by atoms with Gasteiger partial charge in [0.05, 0.1) is 6.61 Å². The molecule has 0 heterocycles. The van der Waals surface area contributed by atoms with Crippen LogP contribution in [0.15, 0.2) is 12.1 Å². The second-order valence-electron chi connectivity index (χ2n) is 3.49. The molecule has 3 nitrogen and oxygen atoms in total. The number of halogens is 2. The van der Waals surface area contributed by atoms with Crippen LogP contribution in [0.5, 0.6) is 5.75 Å². The number of benzene rings is 1. The SMILES string of the molecule is CCOCCCOc1c(F)cc(CN)cc1F. The van der Waals surface area contributed by atoms with E-state index in [4.69, 9.17) is 15.2 Å². The van der Waals surface area contributed by atoms with E-state index in [1.165, 1.54) is 12.1 Å². The Morgan fingerprint density at radius 2 is 1.82 bits per heavy atom. The molecule has 0 aliphatic carbocycles. The summed E-state index contributed by atoms with van der Waals surface area (Å²) in [5.74, 6) is -1.79. The van der Waals surface area contributed by atoms with Gasteiger partial charge in [-0.05, 0) is 24.6 Å². The van der Waals surface area contributed by atoms with E-state index in [1.54, 1.807) is 0 Å². The van der Waals surface area contributed by atoms with Crippen molar-refractivity contribution in [2.75, 3.05) is 19.8 Å². The maximum absolute atomic E-state index is 13.4. The Kier molecular flexibility index (Phi) is 5.86. The van der Waals surface area contributed by atoms with Crippen LogP contribution >= 0.6 is 0 Å². The Labute approximate surface area is 99.5 Å². The van der Waals surface area contributed by atoms with Gasteiger partial charge >= 0.3 is 0 Å². The Balaban J connectivity index is 2.53. The number of rotatable bonds is 7. The fourth-order valence-electron chi connectivity index (χ4n) is 1.35. The average molecular weight is 245 g/mol. The highest BCUT2D eigenvalue weighted by molar-refractivity contribution is 5.31. The van der Waals surface area contributed by atoms with Crippen LogP contribution in [0.25, 0.3) is 0 Å². The van der Waals surface area contributed by atoms with Gasteiger partial charge in [0.1, 0.15) is 0 Å². The van der Waals surface area contributed by atoms with Gasteiger partial charge < -0.3 is 15.2 Å². The fraction of sp³-hybridized carbons (Fsp3) is 0.500. The lowest BCUT2D eigenvalue weighted by atomic mass is 10.2. The van der Waals surface area contributed by atoms with Crippen LogP contribution in [0.1, 0.15) is 18.9 Å². The largest absolute Gasteiger partial charge is 0.488 e. The first-order valence-corrected chi connectivity index (χ1v) is 5.57. The van der Waals surface area contributed by atoms with Crippen molar-refractivity contribution in [3.63, 3.8) is 0 Å². The first-order chi connectivity index (χ1) is 8.19. The van der Waals surface area contributed by atoms with E-state index in [0.29, 0.717) is 25.2 Å². The molecule has 17 heavy (non-hydrogen) atoms. The second-order valence-corrected chi connectivity index (χ2v) is 3.49. The summed E-state index contributed by atoms with van der Waals surface area (Å²) in [6, 6.07) is 2.36. The number of ether oxygens (including phenoxy) is 2. The summed E-state index contributed by atoms with van der Waals surface area (Å²) in [5, 5.41) is 0. The van der Waals surface area contributed by atoms with Gasteiger partial charge in [-0.1, -0.05) is 0 Å². The van der Waals surface area contributed by atoms with E-state index >= 15 is 0 Å². The van der Waals surface area contributed by atoms with Crippen molar-refractivity contribution >= 4 is 0 Å². The summed E-state index contributed by atoms with van der Waals surface area (Å²) in [7, 11) is 0. The maximum Gasteiger partial charge on any atom is 0.190 e. The van der Waals surface area contributed by atoms with Gasteiger partial charge in [0.2, 0.25) is 0 Å². The molecule has 1 aromatic carbocycles. The van der Waals surface area contributed by atoms with Crippen molar-refractivity contribution in [2.45, 2.75) is 19.9 Å². The zero-order valence-corrected chi connectivity index (χ0v) is 9.84. The summed E-state index contributed by atoms with van der Waals surface area (Å²) in [6.07, 6.45) is 0.589. The molecule has 0 spiro atoms. The summed E-state index contributed by atoms with van der Waals surface area (Å²) in [6.45, 7) is 3.33. The van der Waals surface area contributed by atoms with Gasteiger partial charge in [0.15, 0.2) is 17.4 Å². The molecule has 0 amide bonds. The van der Waals surface area contributed by atoms with Crippen LogP contribution in [-0.2, 0) is 11.3 Å². The number of nitrogens with two attached hydrogens (primary N) is 1. The van der Waals surface area contributed by atoms with Gasteiger partial charge in [0.25, 0.3) is 0 Å². The molecular formula is C12H17F2NO2. The molecule has 0 saturated carbocycles. The summed E-state index contributed by atoms with van der Waals surface area (Å²) < 4.78 is 37.0. The molecule has 0 radical (unpaired) electrons. The van der Waals surface area contributed by atoms with E-state index < -0.39 is 11.6 Å². The third kappa shape index (κ3) is 4.28. The lowest BCUT2D eigenvalue weighted by molar-refractivity contribution is 0.129. The van der Waals surface area contributed by atoms with Gasteiger partial charge in [0, 0.05) is 26.2 Å². The van der Waals surface area contributed by atoms with Gasteiger partial charge in [-0.2, -0.15) is 0 Å². The van der Waals surface area contributed by atoms with Crippen molar-refractivity contribution in [1.29, 1.82) is 0 Å². The molecular weight excluding hydrogens is 228 g/mol. The highest BCUT2D eigenvalue weighted by Crippen LogP contribution is 2.23. The van der Waals surface area contributed by atoms with E-state index in [2.05, 4.69) is 0 Å². The summed E-state index contributed by atoms with van der Waals surface area (Å²) in [4.78, 5) is 0. The zero-order valence-electron chi connectivity index (χ0n) is 9.84. The first kappa shape index (κ1) is 13.9. The molecule has 5 heteroatoms. The molecule has 0 fully saturated rings. The predicted molar refractivity (Wildman–Crippen MR) is 60.9 cm³/mol. The summed E-state index contributed by atoms with van der Waals surface area (Å²) >= 11 is 0. The van der Waals surface area contributed by atoms with E-state index in [9.17, 15) is 8.78 Å². The van der Waals surface area contributed by atoms with Crippen molar-refractivity contribution < 1.29 is 18.3 Å². The molecule has 0 saturated heterocycles. The van der Waals surface area contributed by atoms with Crippen molar-refractivity contribution in [2.24, 2.45) is 5.73 Å². The van der Waals surface area contributed by atoms with E-state index in [1.807, 2.05) is 6.92 Å². The van der Waals surface area contributed by atoms with Crippen LogP contribution in [0, 0.1) is 11.6 Å². The number of hydrogen-bond acceptors (Lipinski definition) is 3. The highest BCUT2D eigenvalue weighted by Gasteiger charge is 2.11. The molecule has 0 aliphatic rings. The lowest BCUT2D eigenvalue weighted by Gasteiger charge is -2.09. The molecule has 2 N–H and O–H groups in total. The molecule has 1 aromatic rings. The van der Waals surface area contributed by atoms with Crippen LogP contribution in [0.3, 0.4) is 0 Å².